The molecule has 2 heterocycles. The van der Waals surface area contributed by atoms with E-state index in [-0.39, 0.29) is 19.3 Å². The molecule has 9 heteroatoms. The van der Waals surface area contributed by atoms with Crippen LogP contribution in [0.2, 0.25) is 0 Å². The Morgan fingerprint density at radius 3 is 2.84 bits per heavy atom. The fraction of sp³-hybridized carbons (Fsp3) is 0.500. The van der Waals surface area contributed by atoms with E-state index in [4.69, 9.17) is 14.0 Å². The Bertz CT molecular complexity index is 778. The lowest BCUT2D eigenvalue weighted by Crippen LogP contribution is -2.43. The predicted octanol–water partition coefficient (Wildman–Crippen LogP) is 1.59. The van der Waals surface area contributed by atoms with Gasteiger partial charge in [-0.1, -0.05) is 23.4 Å². The maximum Gasteiger partial charge on any atom is 0.252 e. The molecule has 1 saturated heterocycles. The topological polar surface area (TPSA) is 94.8 Å². The molecule has 136 valence electrons. The van der Waals surface area contributed by atoms with Crippen molar-refractivity contribution in [3.63, 3.8) is 0 Å². The number of rotatable bonds is 7. The molecule has 1 aliphatic heterocycles. The van der Waals surface area contributed by atoms with Crippen LogP contribution < -0.4 is 0 Å². The third-order valence-electron chi connectivity index (χ3n) is 3.95. The second-order valence-corrected chi connectivity index (χ2v) is 7.73. The van der Waals surface area contributed by atoms with Gasteiger partial charge in [0.15, 0.2) is 5.82 Å². The highest BCUT2D eigenvalue weighted by Gasteiger charge is 2.30. The van der Waals surface area contributed by atoms with Crippen LogP contribution >= 0.6 is 0 Å². The molecule has 1 atom stereocenters. The SMILES string of the molecule is COCc1nc(COC2CCCN(S(=O)(=O)c3ccccc3)C2)no1. The van der Waals surface area contributed by atoms with Gasteiger partial charge in [0.2, 0.25) is 10.0 Å². The molecule has 0 N–H and O–H groups in total. The van der Waals surface area contributed by atoms with E-state index < -0.39 is 10.0 Å². The van der Waals surface area contributed by atoms with Crippen LogP contribution in [0.5, 0.6) is 0 Å². The van der Waals surface area contributed by atoms with Crippen molar-refractivity contribution in [3.05, 3.63) is 42.0 Å². The second-order valence-electron chi connectivity index (χ2n) is 5.79. The van der Waals surface area contributed by atoms with E-state index in [1.807, 2.05) is 0 Å². The predicted molar refractivity (Wildman–Crippen MR) is 88.0 cm³/mol. The number of hydrogen-bond donors (Lipinski definition) is 0. The summed E-state index contributed by atoms with van der Waals surface area (Å²) in [5.41, 5.74) is 0. The summed E-state index contributed by atoms with van der Waals surface area (Å²) in [4.78, 5) is 4.44. The van der Waals surface area contributed by atoms with Crippen LogP contribution in [0.1, 0.15) is 24.6 Å². The van der Waals surface area contributed by atoms with E-state index in [2.05, 4.69) is 10.1 Å². The van der Waals surface area contributed by atoms with Crippen molar-refractivity contribution in [3.8, 4) is 0 Å². The largest absolute Gasteiger partial charge is 0.375 e. The highest BCUT2D eigenvalue weighted by Crippen LogP contribution is 2.22. The first kappa shape index (κ1) is 18.0. The molecule has 8 nitrogen and oxygen atoms in total. The molecular weight excluding hydrogens is 346 g/mol. The molecule has 0 radical (unpaired) electrons. The van der Waals surface area contributed by atoms with Crippen molar-refractivity contribution in [1.29, 1.82) is 0 Å². The summed E-state index contributed by atoms with van der Waals surface area (Å²) >= 11 is 0. The first-order chi connectivity index (χ1) is 12.1. The smallest absolute Gasteiger partial charge is 0.252 e. The number of benzene rings is 1. The van der Waals surface area contributed by atoms with Gasteiger partial charge in [0.05, 0.1) is 11.0 Å². The molecule has 0 amide bonds. The molecule has 1 aromatic heterocycles. The molecule has 1 aliphatic rings. The van der Waals surface area contributed by atoms with Gasteiger partial charge >= 0.3 is 0 Å². The summed E-state index contributed by atoms with van der Waals surface area (Å²) in [5, 5.41) is 3.81. The molecule has 0 spiro atoms. The van der Waals surface area contributed by atoms with Crippen LogP contribution in [0.25, 0.3) is 0 Å². The maximum absolute atomic E-state index is 12.7. The van der Waals surface area contributed by atoms with Crippen molar-refractivity contribution in [2.24, 2.45) is 0 Å². The van der Waals surface area contributed by atoms with Crippen molar-refractivity contribution in [2.45, 2.75) is 37.1 Å². The first-order valence-corrected chi connectivity index (χ1v) is 9.51. The van der Waals surface area contributed by atoms with E-state index in [0.29, 0.717) is 29.7 Å². The van der Waals surface area contributed by atoms with Gasteiger partial charge in [-0.2, -0.15) is 9.29 Å². The Hall–Kier alpha value is -1.81. The minimum Gasteiger partial charge on any atom is -0.375 e. The van der Waals surface area contributed by atoms with E-state index in [1.54, 1.807) is 37.4 Å². The van der Waals surface area contributed by atoms with Gasteiger partial charge in [-0.05, 0) is 25.0 Å². The molecular formula is C16H21N3O5S. The summed E-state index contributed by atoms with van der Waals surface area (Å²) in [7, 11) is -1.95. The molecule has 1 unspecified atom stereocenters. The molecule has 25 heavy (non-hydrogen) atoms. The summed E-state index contributed by atoms with van der Waals surface area (Å²) < 4.78 is 42.6. The fourth-order valence-corrected chi connectivity index (χ4v) is 4.26. The van der Waals surface area contributed by atoms with E-state index in [1.165, 1.54) is 4.31 Å². The van der Waals surface area contributed by atoms with Crippen LogP contribution in [0.4, 0.5) is 0 Å². The van der Waals surface area contributed by atoms with Crippen LogP contribution in [0, 0.1) is 0 Å². The lowest BCUT2D eigenvalue weighted by atomic mass is 10.1. The lowest BCUT2D eigenvalue weighted by molar-refractivity contribution is 0.00438. The number of methoxy groups -OCH3 is 1. The second kappa shape index (κ2) is 8.05. The lowest BCUT2D eigenvalue weighted by Gasteiger charge is -2.31. The minimum absolute atomic E-state index is 0.178. The Balaban J connectivity index is 1.59. The summed E-state index contributed by atoms with van der Waals surface area (Å²) in [6.07, 6.45) is 1.35. The highest BCUT2D eigenvalue weighted by molar-refractivity contribution is 7.89. The fourth-order valence-electron chi connectivity index (χ4n) is 2.72. The van der Waals surface area contributed by atoms with Crippen molar-refractivity contribution < 1.29 is 22.4 Å². The van der Waals surface area contributed by atoms with Gasteiger partial charge in [0, 0.05) is 20.2 Å². The van der Waals surface area contributed by atoms with E-state index >= 15 is 0 Å². The Labute approximate surface area is 146 Å². The molecule has 1 aromatic carbocycles. The zero-order valence-corrected chi connectivity index (χ0v) is 14.8. The van der Waals surface area contributed by atoms with E-state index in [0.717, 1.165) is 12.8 Å². The molecule has 0 bridgehead atoms. The molecule has 1 fully saturated rings. The minimum atomic E-state index is -3.49. The molecule has 2 aromatic rings. The summed E-state index contributed by atoms with van der Waals surface area (Å²) in [6, 6.07) is 8.45. The van der Waals surface area contributed by atoms with Gasteiger partial charge in [-0.25, -0.2) is 8.42 Å². The van der Waals surface area contributed by atoms with E-state index in [9.17, 15) is 8.42 Å². The quantitative estimate of drug-likeness (QED) is 0.733. The molecule has 0 saturated carbocycles. The first-order valence-electron chi connectivity index (χ1n) is 8.07. The van der Waals surface area contributed by atoms with Crippen molar-refractivity contribution >= 4 is 10.0 Å². The highest BCUT2D eigenvalue weighted by atomic mass is 32.2. The van der Waals surface area contributed by atoms with Gasteiger partial charge in [-0.15, -0.1) is 0 Å². The van der Waals surface area contributed by atoms with Gasteiger partial charge in [0.1, 0.15) is 13.2 Å². The third-order valence-corrected chi connectivity index (χ3v) is 5.83. The standard InChI is InChI=1S/C16H21N3O5S/c1-22-12-16-17-15(18-24-16)11-23-13-6-5-9-19(10-13)25(20,21)14-7-3-2-4-8-14/h2-4,7-8,13H,5-6,9-12H2,1H3. The normalized spacial score (nSPS) is 19.2. The zero-order valence-electron chi connectivity index (χ0n) is 14.0. The number of nitrogens with zero attached hydrogens (tertiary/aromatic N) is 3. The van der Waals surface area contributed by atoms with Crippen LogP contribution in [-0.2, 0) is 32.7 Å². The molecule has 0 aliphatic carbocycles. The summed E-state index contributed by atoms with van der Waals surface area (Å²) in [6.45, 7) is 1.24. The molecule has 3 rings (SSSR count). The average molecular weight is 367 g/mol. The number of piperidine rings is 1. The monoisotopic (exact) mass is 367 g/mol. The summed E-state index contributed by atoms with van der Waals surface area (Å²) in [5.74, 6) is 0.813. The van der Waals surface area contributed by atoms with Gasteiger partial charge in [0.25, 0.3) is 5.89 Å². The van der Waals surface area contributed by atoms with Crippen molar-refractivity contribution in [2.75, 3.05) is 20.2 Å². The zero-order chi connectivity index (χ0) is 17.7. The third kappa shape index (κ3) is 4.43. The number of aromatic nitrogens is 2. The Kier molecular flexibility index (Phi) is 5.79. The average Bonchev–Trinajstić information content (AvgIpc) is 3.09. The van der Waals surface area contributed by atoms with Gasteiger partial charge < -0.3 is 14.0 Å². The number of ether oxygens (including phenoxy) is 2. The van der Waals surface area contributed by atoms with Crippen LogP contribution in [0.3, 0.4) is 0 Å². The Morgan fingerprint density at radius 1 is 1.28 bits per heavy atom. The van der Waals surface area contributed by atoms with Gasteiger partial charge in [-0.3, -0.25) is 0 Å². The Morgan fingerprint density at radius 2 is 2.08 bits per heavy atom. The number of sulfonamides is 1. The van der Waals surface area contributed by atoms with Crippen LogP contribution in [-0.4, -0.2) is 49.2 Å². The maximum atomic E-state index is 12.7. The van der Waals surface area contributed by atoms with Crippen LogP contribution in [0.15, 0.2) is 39.8 Å². The number of hydrogen-bond acceptors (Lipinski definition) is 7. The van der Waals surface area contributed by atoms with Crippen molar-refractivity contribution in [1.82, 2.24) is 14.4 Å².